The van der Waals surface area contributed by atoms with Crippen molar-refractivity contribution in [2.24, 2.45) is 11.3 Å². The Hall–Kier alpha value is -2.32. The minimum absolute atomic E-state index is 0.0325. The van der Waals surface area contributed by atoms with E-state index in [-0.39, 0.29) is 28.7 Å². The average Bonchev–Trinajstić information content (AvgIpc) is 3.15. The molecule has 0 aliphatic heterocycles. The highest BCUT2D eigenvalue weighted by Gasteiger charge is 2.35. The first-order valence-electron chi connectivity index (χ1n) is 11.7. The van der Waals surface area contributed by atoms with E-state index in [0.29, 0.717) is 23.0 Å². The van der Waals surface area contributed by atoms with E-state index in [2.05, 4.69) is 31.4 Å². The second-order valence-corrected chi connectivity index (χ2v) is 11.7. The van der Waals surface area contributed by atoms with E-state index in [1.54, 1.807) is 0 Å². The minimum atomic E-state index is -0.954. The van der Waals surface area contributed by atoms with E-state index in [0.717, 1.165) is 54.1 Å². The second-order valence-electron chi connectivity index (χ2n) is 9.59. The molecule has 1 aliphatic rings. The van der Waals surface area contributed by atoms with Crippen LogP contribution in [0.4, 0.5) is 5.00 Å². The Kier molecular flexibility index (Phi) is 8.82. The molecule has 184 valence electrons. The zero-order chi connectivity index (χ0) is 24.9. The van der Waals surface area contributed by atoms with Crippen molar-refractivity contribution in [3.05, 3.63) is 51.4 Å². The molecule has 0 fully saturated rings. The SMILES string of the molecule is CCC(C)(C)C1CCc2c(sc(NC(=O)CSCC(=O)O)c2C(=O)NCc2ccc(C)cc2)C1. The molecule has 1 heterocycles. The first kappa shape index (κ1) is 26.3. The predicted octanol–water partition coefficient (Wildman–Crippen LogP) is 5.28. The van der Waals surface area contributed by atoms with Crippen LogP contribution in [0.25, 0.3) is 0 Å². The number of hydrogen-bond donors (Lipinski definition) is 3. The molecule has 34 heavy (non-hydrogen) atoms. The highest BCUT2D eigenvalue weighted by Crippen LogP contribution is 2.45. The number of carboxylic acid groups (broad SMARTS) is 1. The summed E-state index contributed by atoms with van der Waals surface area (Å²) in [6, 6.07) is 8.03. The van der Waals surface area contributed by atoms with Crippen LogP contribution in [-0.2, 0) is 29.0 Å². The van der Waals surface area contributed by atoms with E-state index in [1.165, 1.54) is 16.2 Å². The number of aliphatic carboxylic acids is 1. The molecular weight excluding hydrogens is 468 g/mol. The second kappa shape index (κ2) is 11.4. The minimum Gasteiger partial charge on any atom is -0.481 e. The molecule has 1 aliphatic carbocycles. The Balaban J connectivity index is 1.81. The van der Waals surface area contributed by atoms with E-state index in [9.17, 15) is 14.4 Å². The molecule has 1 aromatic carbocycles. The quantitative estimate of drug-likeness (QED) is 0.411. The van der Waals surface area contributed by atoms with Crippen molar-refractivity contribution in [3.63, 3.8) is 0 Å². The maximum Gasteiger partial charge on any atom is 0.313 e. The lowest BCUT2D eigenvalue weighted by Gasteiger charge is -2.36. The van der Waals surface area contributed by atoms with Gasteiger partial charge in [-0.1, -0.05) is 57.0 Å². The number of benzene rings is 1. The van der Waals surface area contributed by atoms with Gasteiger partial charge < -0.3 is 15.7 Å². The Labute approximate surface area is 209 Å². The largest absolute Gasteiger partial charge is 0.481 e. The number of thioether (sulfide) groups is 1. The van der Waals surface area contributed by atoms with Gasteiger partial charge in [-0.2, -0.15) is 0 Å². The fourth-order valence-corrected chi connectivity index (χ4v) is 6.12. The summed E-state index contributed by atoms with van der Waals surface area (Å²) in [5.41, 5.74) is 4.01. The summed E-state index contributed by atoms with van der Waals surface area (Å²) in [6.07, 6.45) is 3.83. The zero-order valence-corrected chi connectivity index (χ0v) is 22.0. The fourth-order valence-electron chi connectivity index (χ4n) is 4.24. The average molecular weight is 503 g/mol. The number of aryl methyl sites for hydroxylation is 1. The van der Waals surface area contributed by atoms with Gasteiger partial charge >= 0.3 is 5.97 Å². The van der Waals surface area contributed by atoms with E-state index >= 15 is 0 Å². The first-order valence-corrected chi connectivity index (χ1v) is 13.7. The normalized spacial score (nSPS) is 15.5. The maximum absolute atomic E-state index is 13.3. The highest BCUT2D eigenvalue weighted by atomic mass is 32.2. The number of amides is 2. The lowest BCUT2D eigenvalue weighted by atomic mass is 9.69. The molecule has 0 bridgehead atoms. The van der Waals surface area contributed by atoms with Gasteiger partial charge in [0.05, 0.1) is 17.1 Å². The topological polar surface area (TPSA) is 95.5 Å². The van der Waals surface area contributed by atoms with Gasteiger partial charge in [0, 0.05) is 11.4 Å². The summed E-state index contributed by atoms with van der Waals surface area (Å²) < 4.78 is 0. The van der Waals surface area contributed by atoms with Gasteiger partial charge in [0.15, 0.2) is 0 Å². The van der Waals surface area contributed by atoms with Gasteiger partial charge in [-0.05, 0) is 48.6 Å². The van der Waals surface area contributed by atoms with Crippen molar-refractivity contribution in [1.82, 2.24) is 5.32 Å². The summed E-state index contributed by atoms with van der Waals surface area (Å²) in [5, 5.41) is 15.3. The van der Waals surface area contributed by atoms with Crippen LogP contribution in [0.2, 0.25) is 0 Å². The van der Waals surface area contributed by atoms with Crippen LogP contribution in [0.3, 0.4) is 0 Å². The summed E-state index contributed by atoms with van der Waals surface area (Å²) in [5.74, 6) is -0.994. The number of carboxylic acids is 1. The van der Waals surface area contributed by atoms with Crippen molar-refractivity contribution in [1.29, 1.82) is 0 Å². The molecule has 6 nitrogen and oxygen atoms in total. The lowest BCUT2D eigenvalue weighted by molar-refractivity contribution is -0.133. The van der Waals surface area contributed by atoms with Gasteiger partial charge in [0.25, 0.3) is 5.91 Å². The monoisotopic (exact) mass is 502 g/mol. The molecule has 2 aromatic rings. The number of nitrogens with one attached hydrogen (secondary N) is 2. The Morgan fingerprint density at radius 1 is 1.18 bits per heavy atom. The van der Waals surface area contributed by atoms with Gasteiger partial charge in [-0.3, -0.25) is 14.4 Å². The number of fused-ring (bicyclic) bond motifs is 1. The molecule has 1 atom stereocenters. The van der Waals surface area contributed by atoms with Crippen LogP contribution in [-0.4, -0.2) is 34.4 Å². The van der Waals surface area contributed by atoms with Crippen molar-refractivity contribution >= 4 is 45.9 Å². The van der Waals surface area contributed by atoms with E-state index in [1.807, 2.05) is 31.2 Å². The van der Waals surface area contributed by atoms with Crippen molar-refractivity contribution in [2.75, 3.05) is 16.8 Å². The van der Waals surface area contributed by atoms with Crippen molar-refractivity contribution < 1.29 is 19.5 Å². The Morgan fingerprint density at radius 2 is 1.88 bits per heavy atom. The molecule has 8 heteroatoms. The van der Waals surface area contributed by atoms with E-state index < -0.39 is 5.97 Å². The van der Waals surface area contributed by atoms with Gasteiger partial charge in [0.2, 0.25) is 5.91 Å². The third kappa shape index (κ3) is 6.63. The molecule has 1 aromatic heterocycles. The van der Waals surface area contributed by atoms with Crippen LogP contribution in [0.1, 0.15) is 65.5 Å². The number of carbonyl (C=O) groups is 3. The molecular formula is C26H34N2O4S2. The van der Waals surface area contributed by atoms with Crippen LogP contribution < -0.4 is 10.6 Å². The smallest absolute Gasteiger partial charge is 0.313 e. The fraction of sp³-hybridized carbons (Fsp3) is 0.500. The molecule has 0 saturated carbocycles. The Morgan fingerprint density at radius 3 is 2.53 bits per heavy atom. The number of carbonyl (C=O) groups excluding carboxylic acids is 2. The van der Waals surface area contributed by atoms with Crippen LogP contribution in [0.5, 0.6) is 0 Å². The van der Waals surface area contributed by atoms with Crippen LogP contribution >= 0.6 is 23.1 Å². The summed E-state index contributed by atoms with van der Waals surface area (Å²) >= 11 is 2.54. The molecule has 0 saturated heterocycles. The van der Waals surface area contributed by atoms with Gasteiger partial charge in [-0.25, -0.2) is 0 Å². The van der Waals surface area contributed by atoms with Gasteiger partial charge in [-0.15, -0.1) is 23.1 Å². The molecule has 2 amide bonds. The zero-order valence-electron chi connectivity index (χ0n) is 20.3. The van der Waals surface area contributed by atoms with Gasteiger partial charge in [0.1, 0.15) is 5.00 Å². The predicted molar refractivity (Wildman–Crippen MR) is 140 cm³/mol. The molecule has 1 unspecified atom stereocenters. The van der Waals surface area contributed by atoms with Crippen LogP contribution in [0, 0.1) is 18.3 Å². The lowest BCUT2D eigenvalue weighted by Crippen LogP contribution is -2.30. The van der Waals surface area contributed by atoms with Crippen molar-refractivity contribution in [3.8, 4) is 0 Å². The molecule has 0 spiro atoms. The third-order valence-corrected chi connectivity index (χ3v) is 8.88. The number of anilines is 1. The van der Waals surface area contributed by atoms with Crippen LogP contribution in [0.15, 0.2) is 24.3 Å². The standard InChI is InChI=1S/C26H34N2O4S2/c1-5-26(3,4)18-10-11-19-20(12-18)34-25(28-21(29)14-33-15-22(30)31)23(19)24(32)27-13-17-8-6-16(2)7-9-17/h6-9,18H,5,10-15H2,1-4H3,(H,27,32)(H,28,29)(H,30,31). The molecule has 3 rings (SSSR count). The number of rotatable bonds is 10. The number of thiophene rings is 1. The summed E-state index contributed by atoms with van der Waals surface area (Å²) in [4.78, 5) is 37.8. The number of hydrogen-bond acceptors (Lipinski definition) is 5. The van der Waals surface area contributed by atoms with E-state index in [4.69, 9.17) is 5.11 Å². The maximum atomic E-state index is 13.3. The third-order valence-electron chi connectivity index (χ3n) is 6.79. The summed E-state index contributed by atoms with van der Waals surface area (Å²) in [6.45, 7) is 9.25. The molecule has 0 radical (unpaired) electrons. The summed E-state index contributed by atoms with van der Waals surface area (Å²) in [7, 11) is 0. The first-order chi connectivity index (χ1) is 16.1. The highest BCUT2D eigenvalue weighted by molar-refractivity contribution is 8.00. The molecule has 3 N–H and O–H groups in total. The van der Waals surface area contributed by atoms with Crippen molar-refractivity contribution in [2.45, 2.75) is 59.9 Å². The Bertz CT molecular complexity index is 1040.